The van der Waals surface area contributed by atoms with Crippen LogP contribution < -0.4 is 10.6 Å². The summed E-state index contributed by atoms with van der Waals surface area (Å²) in [6, 6.07) is 0. The lowest BCUT2D eigenvalue weighted by Crippen LogP contribution is -2.41. The average molecular weight is 380 g/mol. The molecule has 2 N–H and O–H groups in total. The van der Waals surface area contributed by atoms with Gasteiger partial charge in [-0.2, -0.15) is 0 Å². The first-order valence-corrected chi connectivity index (χ1v) is 10.7. The number of amides is 1. The Morgan fingerprint density at radius 3 is 2.77 bits per heavy atom. The molecular formula is C19H33N5OS. The van der Waals surface area contributed by atoms with E-state index >= 15 is 0 Å². The van der Waals surface area contributed by atoms with E-state index in [1.807, 2.05) is 6.92 Å². The smallest absolute Gasteiger partial charge is 0.263 e. The number of aliphatic imine (C=N–C) groups is 1. The molecular weight excluding hydrogens is 346 g/mol. The number of rotatable bonds is 8. The van der Waals surface area contributed by atoms with E-state index < -0.39 is 0 Å². The Morgan fingerprint density at radius 2 is 2.15 bits per heavy atom. The van der Waals surface area contributed by atoms with E-state index in [-0.39, 0.29) is 5.91 Å². The van der Waals surface area contributed by atoms with Gasteiger partial charge in [-0.25, -0.2) is 4.98 Å². The zero-order valence-electron chi connectivity index (χ0n) is 16.5. The third kappa shape index (κ3) is 5.43. The largest absolute Gasteiger partial charge is 0.357 e. The first kappa shape index (κ1) is 20.7. The van der Waals surface area contributed by atoms with Gasteiger partial charge >= 0.3 is 0 Å². The summed E-state index contributed by atoms with van der Waals surface area (Å²) in [5, 5.41) is 6.34. The maximum Gasteiger partial charge on any atom is 0.263 e. The van der Waals surface area contributed by atoms with E-state index in [9.17, 15) is 4.79 Å². The van der Waals surface area contributed by atoms with Crippen LogP contribution in [0.1, 0.15) is 55.4 Å². The number of aryl methyl sites for hydroxylation is 1. The van der Waals surface area contributed by atoms with Gasteiger partial charge in [0.2, 0.25) is 0 Å². The van der Waals surface area contributed by atoms with Crippen LogP contribution in [-0.4, -0.2) is 54.5 Å². The van der Waals surface area contributed by atoms with Gasteiger partial charge < -0.3 is 15.5 Å². The number of guanidine groups is 1. The van der Waals surface area contributed by atoms with Crippen LogP contribution in [-0.2, 0) is 0 Å². The van der Waals surface area contributed by atoms with Crippen molar-refractivity contribution in [2.75, 3.05) is 32.7 Å². The minimum Gasteiger partial charge on any atom is -0.357 e. The molecule has 1 aromatic rings. The van der Waals surface area contributed by atoms with Crippen LogP contribution in [0.25, 0.3) is 0 Å². The van der Waals surface area contributed by atoms with Crippen LogP contribution in [0, 0.1) is 18.8 Å². The molecule has 7 heteroatoms. The molecule has 0 saturated carbocycles. The fourth-order valence-corrected chi connectivity index (χ4v) is 4.40. The van der Waals surface area contributed by atoms with Crippen LogP contribution in [0.4, 0.5) is 0 Å². The van der Waals surface area contributed by atoms with Gasteiger partial charge in [0, 0.05) is 26.2 Å². The highest BCUT2D eigenvalue weighted by Gasteiger charge is 2.29. The van der Waals surface area contributed by atoms with Crippen molar-refractivity contribution in [1.29, 1.82) is 0 Å². The molecule has 1 atom stereocenters. The number of carbonyl (C=O) groups excluding carboxylic acids is 1. The lowest BCUT2D eigenvalue weighted by atomic mass is 9.87. The topological polar surface area (TPSA) is 69.6 Å². The number of aromatic nitrogens is 1. The number of thiazole rings is 1. The summed E-state index contributed by atoms with van der Waals surface area (Å²) in [5.41, 5.74) is 2.49. The number of carbonyl (C=O) groups is 1. The highest BCUT2D eigenvalue weighted by Crippen LogP contribution is 2.28. The summed E-state index contributed by atoms with van der Waals surface area (Å²) in [4.78, 5) is 24.0. The molecule has 1 fully saturated rings. The molecule has 1 saturated heterocycles. The lowest BCUT2D eigenvalue weighted by Gasteiger charge is -2.24. The minimum absolute atomic E-state index is 0.0554. The van der Waals surface area contributed by atoms with Gasteiger partial charge in [0.25, 0.3) is 5.91 Å². The zero-order chi connectivity index (χ0) is 18.9. The SMILES string of the molecule is CCNC(=NCCNC(=O)c1scnc1C)N1CCC(C(CC)CC)C1. The van der Waals surface area contributed by atoms with Crippen molar-refractivity contribution in [1.82, 2.24) is 20.5 Å². The molecule has 0 aromatic carbocycles. The monoisotopic (exact) mass is 379 g/mol. The van der Waals surface area contributed by atoms with E-state index in [4.69, 9.17) is 4.99 Å². The van der Waals surface area contributed by atoms with E-state index in [1.54, 1.807) is 5.51 Å². The number of nitrogens with zero attached hydrogens (tertiary/aromatic N) is 3. The number of hydrogen-bond donors (Lipinski definition) is 2. The Hall–Kier alpha value is -1.63. The fourth-order valence-electron chi connectivity index (χ4n) is 3.68. The van der Waals surface area contributed by atoms with Crippen molar-refractivity contribution in [2.45, 2.75) is 47.0 Å². The molecule has 1 unspecified atom stereocenters. The number of likely N-dealkylation sites (tertiary alicyclic amines) is 1. The van der Waals surface area contributed by atoms with Gasteiger partial charge in [0.05, 0.1) is 17.7 Å². The quantitative estimate of drug-likeness (QED) is 0.414. The van der Waals surface area contributed by atoms with Crippen molar-refractivity contribution in [2.24, 2.45) is 16.8 Å². The van der Waals surface area contributed by atoms with Crippen LogP contribution in [0.5, 0.6) is 0 Å². The minimum atomic E-state index is -0.0554. The second-order valence-electron chi connectivity index (χ2n) is 6.83. The molecule has 1 aliphatic rings. The maximum atomic E-state index is 12.1. The molecule has 26 heavy (non-hydrogen) atoms. The van der Waals surface area contributed by atoms with Crippen molar-refractivity contribution < 1.29 is 4.79 Å². The van der Waals surface area contributed by atoms with E-state index in [2.05, 4.69) is 41.3 Å². The normalized spacial score (nSPS) is 17.8. The second kappa shape index (κ2) is 10.5. The van der Waals surface area contributed by atoms with Crippen molar-refractivity contribution in [3.8, 4) is 0 Å². The first-order chi connectivity index (χ1) is 12.6. The zero-order valence-corrected chi connectivity index (χ0v) is 17.4. The Morgan fingerprint density at radius 1 is 1.38 bits per heavy atom. The van der Waals surface area contributed by atoms with Gasteiger partial charge in [0.15, 0.2) is 5.96 Å². The molecule has 0 radical (unpaired) electrons. The first-order valence-electron chi connectivity index (χ1n) is 9.82. The van der Waals surface area contributed by atoms with Crippen LogP contribution in [0.3, 0.4) is 0 Å². The molecule has 0 spiro atoms. The molecule has 0 aliphatic carbocycles. The highest BCUT2D eigenvalue weighted by molar-refractivity contribution is 7.11. The molecule has 146 valence electrons. The van der Waals surface area contributed by atoms with Gasteiger partial charge in [-0.1, -0.05) is 26.7 Å². The number of nitrogens with one attached hydrogen (secondary N) is 2. The second-order valence-corrected chi connectivity index (χ2v) is 7.68. The van der Waals surface area contributed by atoms with Crippen LogP contribution >= 0.6 is 11.3 Å². The third-order valence-electron chi connectivity index (χ3n) is 5.19. The lowest BCUT2D eigenvalue weighted by molar-refractivity contribution is 0.0958. The van der Waals surface area contributed by atoms with E-state index in [0.29, 0.717) is 18.0 Å². The molecule has 2 rings (SSSR count). The Bertz CT molecular complexity index is 597. The summed E-state index contributed by atoms with van der Waals surface area (Å²) in [7, 11) is 0. The van der Waals surface area contributed by atoms with Crippen LogP contribution in [0.15, 0.2) is 10.5 Å². The Kier molecular flexibility index (Phi) is 8.35. The molecule has 1 amide bonds. The number of hydrogen-bond acceptors (Lipinski definition) is 4. The third-order valence-corrected chi connectivity index (χ3v) is 6.11. The summed E-state index contributed by atoms with van der Waals surface area (Å²) in [5.74, 6) is 2.50. The summed E-state index contributed by atoms with van der Waals surface area (Å²) in [6.45, 7) is 12.7. The van der Waals surface area contributed by atoms with E-state index in [0.717, 1.165) is 43.1 Å². The van der Waals surface area contributed by atoms with Gasteiger partial charge in [-0.3, -0.25) is 9.79 Å². The fraction of sp³-hybridized carbons (Fsp3) is 0.737. The molecule has 2 heterocycles. The van der Waals surface area contributed by atoms with Crippen LogP contribution in [0.2, 0.25) is 0 Å². The van der Waals surface area contributed by atoms with Gasteiger partial charge in [0.1, 0.15) is 4.88 Å². The van der Waals surface area contributed by atoms with Crippen molar-refractivity contribution in [3.63, 3.8) is 0 Å². The van der Waals surface area contributed by atoms with Crippen molar-refractivity contribution in [3.05, 3.63) is 16.1 Å². The van der Waals surface area contributed by atoms with Crippen molar-refractivity contribution >= 4 is 23.2 Å². The van der Waals surface area contributed by atoms with E-state index in [1.165, 1.54) is 30.6 Å². The Balaban J connectivity index is 1.85. The molecule has 6 nitrogen and oxygen atoms in total. The summed E-state index contributed by atoms with van der Waals surface area (Å²) in [6.07, 6.45) is 3.76. The predicted octanol–water partition coefficient (Wildman–Crippen LogP) is 2.90. The predicted molar refractivity (Wildman–Crippen MR) is 109 cm³/mol. The van der Waals surface area contributed by atoms with Gasteiger partial charge in [-0.05, 0) is 32.1 Å². The highest BCUT2D eigenvalue weighted by atomic mass is 32.1. The summed E-state index contributed by atoms with van der Waals surface area (Å²) >= 11 is 1.38. The van der Waals surface area contributed by atoms with Gasteiger partial charge in [-0.15, -0.1) is 11.3 Å². The maximum absolute atomic E-state index is 12.1. The molecule has 0 bridgehead atoms. The average Bonchev–Trinajstić information content (AvgIpc) is 3.28. The molecule has 1 aliphatic heterocycles. The Labute approximate surface area is 161 Å². The standard InChI is InChI=1S/C19H33N5OS/c1-5-15(6-2)16-8-11-24(12-16)19(20-7-3)22-10-9-21-18(25)17-14(4)23-13-26-17/h13,15-16H,5-12H2,1-4H3,(H,20,22)(H,21,25). The summed E-state index contributed by atoms with van der Waals surface area (Å²) < 4.78 is 0. The molecule has 1 aromatic heterocycles.